The summed E-state index contributed by atoms with van der Waals surface area (Å²) in [6, 6.07) is 13.2. The van der Waals surface area contributed by atoms with Crippen LogP contribution in [0.4, 0.5) is 5.69 Å². The largest absolute Gasteiger partial charge is 0.493 e. The number of amides is 1. The molecule has 1 N–H and O–H groups in total. The number of rotatable bonds is 7. The quantitative estimate of drug-likeness (QED) is 0.751. The molecular weight excluding hydrogens is 330 g/mol. The topological polar surface area (TPSA) is 64.6 Å². The molecule has 5 nitrogen and oxygen atoms in total. The van der Waals surface area contributed by atoms with Crippen LogP contribution in [0.3, 0.4) is 0 Å². The Morgan fingerprint density at radius 1 is 1.08 bits per heavy atom. The summed E-state index contributed by atoms with van der Waals surface area (Å²) in [6.07, 6.45) is -0.236. The van der Waals surface area contributed by atoms with Crippen molar-refractivity contribution in [1.82, 2.24) is 0 Å². The number of hydrogen-bond donors (Lipinski definition) is 1. The van der Waals surface area contributed by atoms with E-state index in [1.165, 1.54) is 6.92 Å². The molecule has 138 valence electrons. The molecule has 0 aliphatic rings. The standard InChI is InChI=1S/C21H25NO4/c1-14-10-15(2)12-20(11-14)25-9-8-21(24)26-16(3)18-6-5-7-19(13-18)22-17(4)23/h5-7,10-13,16H,8-9H2,1-4H3,(H,22,23)/t16-/m1/s1. The molecule has 2 aromatic rings. The van der Waals surface area contributed by atoms with Crippen LogP contribution in [0.1, 0.15) is 43.1 Å². The van der Waals surface area contributed by atoms with Crippen molar-refractivity contribution in [3.05, 3.63) is 59.2 Å². The number of nitrogens with one attached hydrogen (secondary N) is 1. The fraction of sp³-hybridized carbons (Fsp3) is 0.333. The highest BCUT2D eigenvalue weighted by molar-refractivity contribution is 5.88. The van der Waals surface area contributed by atoms with Crippen molar-refractivity contribution in [3.63, 3.8) is 0 Å². The zero-order valence-corrected chi connectivity index (χ0v) is 15.7. The van der Waals surface area contributed by atoms with Gasteiger partial charge in [-0.2, -0.15) is 0 Å². The van der Waals surface area contributed by atoms with Gasteiger partial charge in [0.2, 0.25) is 5.91 Å². The molecule has 1 amide bonds. The zero-order valence-electron chi connectivity index (χ0n) is 15.7. The number of carbonyl (C=O) groups excluding carboxylic acids is 2. The Balaban J connectivity index is 1.84. The second-order valence-electron chi connectivity index (χ2n) is 6.36. The van der Waals surface area contributed by atoms with Gasteiger partial charge < -0.3 is 14.8 Å². The molecule has 2 aromatic carbocycles. The first-order valence-electron chi connectivity index (χ1n) is 8.61. The van der Waals surface area contributed by atoms with E-state index >= 15 is 0 Å². The van der Waals surface area contributed by atoms with Gasteiger partial charge in [-0.05, 0) is 61.7 Å². The molecule has 5 heteroatoms. The van der Waals surface area contributed by atoms with E-state index in [1.54, 1.807) is 19.1 Å². The third-order valence-corrected chi connectivity index (χ3v) is 3.75. The average molecular weight is 355 g/mol. The van der Waals surface area contributed by atoms with Crippen molar-refractivity contribution in [2.24, 2.45) is 0 Å². The normalized spacial score (nSPS) is 11.5. The van der Waals surface area contributed by atoms with Gasteiger partial charge in [-0.1, -0.05) is 18.2 Å². The fourth-order valence-electron chi connectivity index (χ4n) is 2.67. The number of hydrogen-bond acceptors (Lipinski definition) is 4. The van der Waals surface area contributed by atoms with E-state index in [0.717, 1.165) is 22.4 Å². The highest BCUT2D eigenvalue weighted by atomic mass is 16.5. The molecule has 0 radical (unpaired) electrons. The predicted molar refractivity (Wildman–Crippen MR) is 101 cm³/mol. The molecule has 0 fully saturated rings. The third kappa shape index (κ3) is 6.24. The van der Waals surface area contributed by atoms with Gasteiger partial charge in [0.15, 0.2) is 0 Å². The molecule has 0 aliphatic carbocycles. The van der Waals surface area contributed by atoms with Crippen molar-refractivity contribution in [2.75, 3.05) is 11.9 Å². The minimum Gasteiger partial charge on any atom is -0.493 e. The molecule has 1 atom stereocenters. The van der Waals surface area contributed by atoms with Crippen LogP contribution in [0.2, 0.25) is 0 Å². The Bertz CT molecular complexity index is 765. The molecule has 0 heterocycles. The number of carbonyl (C=O) groups is 2. The summed E-state index contributed by atoms with van der Waals surface area (Å²) in [4.78, 5) is 23.2. The van der Waals surface area contributed by atoms with Gasteiger partial charge in [-0.25, -0.2) is 0 Å². The number of esters is 1. The second kappa shape index (κ2) is 9.04. The molecule has 2 rings (SSSR count). The number of aryl methyl sites for hydroxylation is 2. The SMILES string of the molecule is CC(=O)Nc1cccc([C@@H](C)OC(=O)CCOc2cc(C)cc(C)c2)c1. The summed E-state index contributed by atoms with van der Waals surface area (Å²) in [5.41, 5.74) is 3.74. The first-order valence-corrected chi connectivity index (χ1v) is 8.61. The van der Waals surface area contributed by atoms with Crippen molar-refractivity contribution < 1.29 is 19.1 Å². The highest BCUT2D eigenvalue weighted by Gasteiger charge is 2.13. The van der Waals surface area contributed by atoms with Crippen LogP contribution >= 0.6 is 0 Å². The lowest BCUT2D eigenvalue weighted by Crippen LogP contribution is -2.13. The van der Waals surface area contributed by atoms with Crippen LogP contribution < -0.4 is 10.1 Å². The Labute approximate surface area is 154 Å². The first kappa shape index (κ1) is 19.5. The van der Waals surface area contributed by atoms with Gasteiger partial charge in [-0.15, -0.1) is 0 Å². The first-order chi connectivity index (χ1) is 12.3. The summed E-state index contributed by atoms with van der Waals surface area (Å²) in [7, 11) is 0. The molecule has 0 spiro atoms. The number of ether oxygens (including phenoxy) is 2. The van der Waals surface area contributed by atoms with Crippen molar-refractivity contribution in [1.29, 1.82) is 0 Å². The lowest BCUT2D eigenvalue weighted by Gasteiger charge is -2.15. The molecule has 0 saturated heterocycles. The Kier molecular flexibility index (Phi) is 6.78. The van der Waals surface area contributed by atoms with E-state index in [2.05, 4.69) is 11.4 Å². The van der Waals surface area contributed by atoms with Crippen LogP contribution in [0.25, 0.3) is 0 Å². The summed E-state index contributed by atoms with van der Waals surface area (Å²) < 4.78 is 11.1. The second-order valence-corrected chi connectivity index (χ2v) is 6.36. The Morgan fingerprint density at radius 3 is 2.42 bits per heavy atom. The van der Waals surface area contributed by atoms with Crippen LogP contribution in [-0.4, -0.2) is 18.5 Å². The third-order valence-electron chi connectivity index (χ3n) is 3.75. The lowest BCUT2D eigenvalue weighted by molar-refractivity contribution is -0.149. The van der Waals surface area contributed by atoms with Gasteiger partial charge >= 0.3 is 5.97 Å². The highest BCUT2D eigenvalue weighted by Crippen LogP contribution is 2.21. The molecule has 0 unspecified atom stereocenters. The van der Waals surface area contributed by atoms with Crippen molar-refractivity contribution >= 4 is 17.6 Å². The van der Waals surface area contributed by atoms with E-state index in [9.17, 15) is 9.59 Å². The lowest BCUT2D eigenvalue weighted by atomic mass is 10.1. The van der Waals surface area contributed by atoms with Crippen molar-refractivity contribution in [3.8, 4) is 5.75 Å². The maximum atomic E-state index is 12.0. The van der Waals surface area contributed by atoms with E-state index < -0.39 is 6.10 Å². The molecule has 0 aromatic heterocycles. The smallest absolute Gasteiger partial charge is 0.309 e. The van der Waals surface area contributed by atoms with E-state index in [4.69, 9.17) is 9.47 Å². The maximum Gasteiger partial charge on any atom is 0.309 e. The number of benzene rings is 2. The fourth-order valence-corrected chi connectivity index (χ4v) is 2.67. The molecule has 26 heavy (non-hydrogen) atoms. The van der Waals surface area contributed by atoms with Gasteiger partial charge in [-0.3, -0.25) is 9.59 Å². The predicted octanol–water partition coefficient (Wildman–Crippen LogP) is 4.34. The summed E-state index contributed by atoms with van der Waals surface area (Å²) in [5.74, 6) is 0.286. The average Bonchev–Trinajstić information content (AvgIpc) is 2.53. The molecule has 0 saturated carbocycles. The van der Waals surface area contributed by atoms with Crippen LogP contribution in [0, 0.1) is 13.8 Å². The van der Waals surface area contributed by atoms with Gasteiger partial charge in [0.25, 0.3) is 0 Å². The maximum absolute atomic E-state index is 12.0. The zero-order chi connectivity index (χ0) is 19.1. The van der Waals surface area contributed by atoms with Gasteiger partial charge in [0.05, 0.1) is 13.0 Å². The van der Waals surface area contributed by atoms with Crippen LogP contribution in [0.15, 0.2) is 42.5 Å². The monoisotopic (exact) mass is 355 g/mol. The summed E-state index contributed by atoms with van der Waals surface area (Å²) in [5, 5.41) is 2.72. The van der Waals surface area contributed by atoms with E-state index in [-0.39, 0.29) is 24.9 Å². The van der Waals surface area contributed by atoms with E-state index in [1.807, 2.05) is 38.1 Å². The molecular formula is C21H25NO4. The molecule has 0 bridgehead atoms. The summed E-state index contributed by atoms with van der Waals surface area (Å²) in [6.45, 7) is 7.53. The van der Waals surface area contributed by atoms with Crippen molar-refractivity contribution in [2.45, 2.75) is 40.2 Å². The molecule has 0 aliphatic heterocycles. The Hall–Kier alpha value is -2.82. The number of anilines is 1. The summed E-state index contributed by atoms with van der Waals surface area (Å²) >= 11 is 0. The Morgan fingerprint density at radius 2 is 1.77 bits per heavy atom. The van der Waals surface area contributed by atoms with Gasteiger partial charge in [0, 0.05) is 12.6 Å². The van der Waals surface area contributed by atoms with Gasteiger partial charge in [0.1, 0.15) is 11.9 Å². The van der Waals surface area contributed by atoms with Crippen LogP contribution in [0.5, 0.6) is 5.75 Å². The minimum absolute atomic E-state index is 0.143. The minimum atomic E-state index is -0.405. The van der Waals surface area contributed by atoms with Crippen LogP contribution in [-0.2, 0) is 14.3 Å². The van der Waals surface area contributed by atoms with E-state index in [0.29, 0.717) is 5.69 Å².